The molecular formula is C17H21N3. The molecule has 3 nitrogen and oxygen atoms in total. The van der Waals surface area contributed by atoms with E-state index in [-0.39, 0.29) is 0 Å². The second-order valence-corrected chi connectivity index (χ2v) is 7.34. The van der Waals surface area contributed by atoms with Gasteiger partial charge in [0.25, 0.3) is 0 Å². The second-order valence-electron chi connectivity index (χ2n) is 7.34. The maximum absolute atomic E-state index is 4.79. The van der Waals surface area contributed by atoms with Gasteiger partial charge in [0, 0.05) is 6.20 Å². The molecule has 4 fully saturated rings. The Hall–Kier alpha value is -1.51. The summed E-state index contributed by atoms with van der Waals surface area (Å²) in [7, 11) is 0. The van der Waals surface area contributed by atoms with Gasteiger partial charge in [-0.15, -0.1) is 0 Å². The van der Waals surface area contributed by atoms with Crippen molar-refractivity contribution in [3.8, 4) is 0 Å². The van der Waals surface area contributed by atoms with Gasteiger partial charge >= 0.3 is 0 Å². The Labute approximate surface area is 120 Å². The fourth-order valence-electron chi connectivity index (χ4n) is 5.64. The van der Waals surface area contributed by atoms with Crippen LogP contribution in [0.5, 0.6) is 0 Å². The molecule has 20 heavy (non-hydrogen) atoms. The monoisotopic (exact) mass is 267 g/mol. The molecular weight excluding hydrogens is 246 g/mol. The molecule has 104 valence electrons. The van der Waals surface area contributed by atoms with Crippen LogP contribution < -0.4 is 0 Å². The van der Waals surface area contributed by atoms with E-state index in [0.29, 0.717) is 5.54 Å². The molecule has 6 rings (SSSR count). The lowest BCUT2D eigenvalue weighted by Gasteiger charge is -2.59. The smallest absolute Gasteiger partial charge is 0.135 e. The average molecular weight is 267 g/mol. The van der Waals surface area contributed by atoms with Crippen molar-refractivity contribution in [1.29, 1.82) is 0 Å². The van der Waals surface area contributed by atoms with Gasteiger partial charge in [-0.1, -0.05) is 12.2 Å². The molecule has 3 heteroatoms. The molecule has 2 heterocycles. The van der Waals surface area contributed by atoms with Crippen LogP contribution in [-0.2, 0) is 0 Å². The lowest BCUT2D eigenvalue weighted by molar-refractivity contribution is -0.0760. The number of fused-ring (bicyclic) bond motifs is 1. The summed E-state index contributed by atoms with van der Waals surface area (Å²) >= 11 is 0. The first kappa shape index (κ1) is 11.2. The fraction of sp³-hybridized carbons (Fsp3) is 0.588. The van der Waals surface area contributed by atoms with Crippen LogP contribution in [0.4, 0.5) is 0 Å². The van der Waals surface area contributed by atoms with Gasteiger partial charge in [-0.25, -0.2) is 5.01 Å². The quantitative estimate of drug-likeness (QED) is 0.724. The SMILES string of the molecule is C1=CC=C2N(C=C1)C=NN2C12CC3CC(CC(C3)C1)C2. The summed E-state index contributed by atoms with van der Waals surface area (Å²) in [5.41, 5.74) is 0.317. The van der Waals surface area contributed by atoms with E-state index in [1.807, 2.05) is 6.34 Å². The van der Waals surface area contributed by atoms with Crippen molar-refractivity contribution in [3.05, 3.63) is 36.3 Å². The predicted octanol–water partition coefficient (Wildman–Crippen LogP) is 3.44. The van der Waals surface area contributed by atoms with E-state index in [2.05, 4.69) is 40.4 Å². The summed E-state index contributed by atoms with van der Waals surface area (Å²) in [4.78, 5) is 2.17. The zero-order valence-electron chi connectivity index (χ0n) is 11.8. The third-order valence-corrected chi connectivity index (χ3v) is 5.94. The molecule has 6 aliphatic rings. The van der Waals surface area contributed by atoms with E-state index in [4.69, 9.17) is 5.10 Å². The summed E-state index contributed by atoms with van der Waals surface area (Å²) in [6.07, 6.45) is 21.1. The maximum atomic E-state index is 4.79. The molecule has 4 aliphatic carbocycles. The van der Waals surface area contributed by atoms with Crippen molar-refractivity contribution in [2.24, 2.45) is 22.9 Å². The molecule has 0 amide bonds. The van der Waals surface area contributed by atoms with Gasteiger partial charge in [0.2, 0.25) is 0 Å². The second kappa shape index (κ2) is 3.78. The summed E-state index contributed by atoms with van der Waals surface area (Å²) in [6, 6.07) is 0. The highest BCUT2D eigenvalue weighted by molar-refractivity contribution is 5.63. The van der Waals surface area contributed by atoms with Crippen molar-refractivity contribution >= 4 is 6.34 Å². The molecule has 0 radical (unpaired) electrons. The first-order valence-corrected chi connectivity index (χ1v) is 8.00. The van der Waals surface area contributed by atoms with Gasteiger partial charge in [-0.2, -0.15) is 5.10 Å². The van der Waals surface area contributed by atoms with Crippen LogP contribution in [0.1, 0.15) is 38.5 Å². The molecule has 0 aromatic carbocycles. The molecule has 0 N–H and O–H groups in total. The molecule has 0 spiro atoms. The number of hydrazone groups is 1. The van der Waals surface area contributed by atoms with E-state index in [1.54, 1.807) is 0 Å². The molecule has 4 saturated carbocycles. The minimum absolute atomic E-state index is 0.317. The van der Waals surface area contributed by atoms with Gasteiger partial charge in [-0.3, -0.25) is 4.90 Å². The van der Waals surface area contributed by atoms with E-state index in [0.717, 1.165) is 17.8 Å². The minimum atomic E-state index is 0.317. The van der Waals surface area contributed by atoms with Gasteiger partial charge in [0.1, 0.15) is 12.2 Å². The minimum Gasteiger partial charge on any atom is -0.291 e. The Bertz CT molecular complexity index is 519. The standard InChI is InChI=1S/C17H21N3/c1-2-4-16-19(5-3-1)12-18-20(16)17-9-13-6-14(10-17)8-15(7-13)11-17/h1-5,12-15H,6-11H2. The highest BCUT2D eigenvalue weighted by atomic mass is 15.6. The fourth-order valence-corrected chi connectivity index (χ4v) is 5.64. The topological polar surface area (TPSA) is 18.8 Å². The van der Waals surface area contributed by atoms with Crippen molar-refractivity contribution in [2.45, 2.75) is 44.1 Å². The zero-order valence-corrected chi connectivity index (χ0v) is 11.8. The summed E-state index contributed by atoms with van der Waals surface area (Å²) in [5, 5.41) is 7.17. The first-order chi connectivity index (χ1) is 9.82. The van der Waals surface area contributed by atoms with E-state index in [1.165, 1.54) is 44.3 Å². The molecule has 0 aromatic rings. The first-order valence-electron chi connectivity index (χ1n) is 8.00. The number of nitrogens with zero attached hydrogens (tertiary/aromatic N) is 3. The highest BCUT2D eigenvalue weighted by Gasteiger charge is 2.55. The number of hydrogen-bond acceptors (Lipinski definition) is 3. The lowest BCUT2D eigenvalue weighted by Crippen LogP contribution is -2.57. The van der Waals surface area contributed by atoms with E-state index < -0.39 is 0 Å². The number of allylic oxidation sites excluding steroid dienone is 4. The largest absolute Gasteiger partial charge is 0.291 e. The van der Waals surface area contributed by atoms with Crippen LogP contribution in [0.2, 0.25) is 0 Å². The van der Waals surface area contributed by atoms with Crippen LogP contribution in [0.25, 0.3) is 0 Å². The van der Waals surface area contributed by atoms with E-state index in [9.17, 15) is 0 Å². The Morgan fingerprint density at radius 2 is 1.65 bits per heavy atom. The van der Waals surface area contributed by atoms with Gasteiger partial charge < -0.3 is 0 Å². The Kier molecular flexibility index (Phi) is 2.11. The summed E-state index contributed by atoms with van der Waals surface area (Å²) in [5.74, 6) is 4.13. The maximum Gasteiger partial charge on any atom is 0.135 e. The Morgan fingerprint density at radius 1 is 0.950 bits per heavy atom. The molecule has 4 bridgehead atoms. The Balaban J connectivity index is 1.54. The Morgan fingerprint density at radius 3 is 2.35 bits per heavy atom. The summed E-state index contributed by atoms with van der Waals surface area (Å²) in [6.45, 7) is 0. The van der Waals surface area contributed by atoms with Gasteiger partial charge in [0.05, 0.1) is 5.54 Å². The van der Waals surface area contributed by atoms with Crippen molar-refractivity contribution in [1.82, 2.24) is 9.91 Å². The van der Waals surface area contributed by atoms with Crippen LogP contribution in [0, 0.1) is 17.8 Å². The van der Waals surface area contributed by atoms with Crippen LogP contribution in [-0.4, -0.2) is 21.8 Å². The average Bonchev–Trinajstić information content (AvgIpc) is 2.68. The van der Waals surface area contributed by atoms with Gasteiger partial charge in [-0.05, 0) is 68.4 Å². The van der Waals surface area contributed by atoms with Crippen LogP contribution in [0.3, 0.4) is 0 Å². The number of hydrogen-bond donors (Lipinski definition) is 0. The molecule has 2 aliphatic heterocycles. The summed E-state index contributed by atoms with van der Waals surface area (Å²) < 4.78 is 0. The van der Waals surface area contributed by atoms with E-state index >= 15 is 0 Å². The lowest BCUT2D eigenvalue weighted by atomic mass is 9.53. The third kappa shape index (κ3) is 1.44. The van der Waals surface area contributed by atoms with Crippen molar-refractivity contribution in [3.63, 3.8) is 0 Å². The van der Waals surface area contributed by atoms with Crippen LogP contribution >= 0.6 is 0 Å². The van der Waals surface area contributed by atoms with Gasteiger partial charge in [0.15, 0.2) is 0 Å². The van der Waals surface area contributed by atoms with Crippen molar-refractivity contribution in [2.75, 3.05) is 0 Å². The molecule has 0 aromatic heterocycles. The van der Waals surface area contributed by atoms with Crippen LogP contribution in [0.15, 0.2) is 41.4 Å². The normalized spacial score (nSPS) is 44.0. The highest BCUT2D eigenvalue weighted by Crippen LogP contribution is 2.59. The molecule has 0 unspecified atom stereocenters. The molecule has 0 atom stereocenters. The molecule has 0 saturated heterocycles. The predicted molar refractivity (Wildman–Crippen MR) is 79.4 cm³/mol. The van der Waals surface area contributed by atoms with Crippen molar-refractivity contribution < 1.29 is 0 Å². The number of rotatable bonds is 1. The third-order valence-electron chi connectivity index (χ3n) is 5.94. The zero-order chi connectivity index (χ0) is 13.2.